The van der Waals surface area contributed by atoms with E-state index in [1.807, 2.05) is 25.1 Å². The second kappa shape index (κ2) is 8.29. The highest BCUT2D eigenvalue weighted by atomic mass is 19.1. The van der Waals surface area contributed by atoms with Crippen molar-refractivity contribution in [3.63, 3.8) is 0 Å². The molecule has 0 saturated carbocycles. The van der Waals surface area contributed by atoms with Crippen LogP contribution in [0.1, 0.15) is 16.7 Å². The lowest BCUT2D eigenvalue weighted by Gasteiger charge is -2.07. The predicted molar refractivity (Wildman–Crippen MR) is 86.0 cm³/mol. The summed E-state index contributed by atoms with van der Waals surface area (Å²) >= 11 is 0. The summed E-state index contributed by atoms with van der Waals surface area (Å²) in [6.07, 6.45) is 0.698. The van der Waals surface area contributed by atoms with Crippen molar-refractivity contribution in [3.05, 3.63) is 71.0 Å². The van der Waals surface area contributed by atoms with Gasteiger partial charge in [0, 0.05) is 13.1 Å². The summed E-state index contributed by atoms with van der Waals surface area (Å²) in [7, 11) is 0. The van der Waals surface area contributed by atoms with E-state index in [9.17, 15) is 9.18 Å². The minimum Gasteiger partial charge on any atom is -0.355 e. The Morgan fingerprint density at radius 3 is 2.59 bits per heavy atom. The quantitative estimate of drug-likeness (QED) is 0.825. The van der Waals surface area contributed by atoms with Crippen molar-refractivity contribution in [1.82, 2.24) is 10.6 Å². The molecule has 0 aliphatic heterocycles. The van der Waals surface area contributed by atoms with Crippen LogP contribution in [-0.2, 0) is 17.8 Å². The average molecular weight is 300 g/mol. The van der Waals surface area contributed by atoms with Crippen LogP contribution in [-0.4, -0.2) is 19.0 Å². The molecular formula is C18H21FN2O. The highest BCUT2D eigenvalue weighted by Gasteiger charge is 2.01. The first-order valence-corrected chi connectivity index (χ1v) is 7.41. The van der Waals surface area contributed by atoms with Gasteiger partial charge in [-0.3, -0.25) is 4.79 Å². The lowest BCUT2D eigenvalue weighted by atomic mass is 10.1. The fourth-order valence-corrected chi connectivity index (χ4v) is 2.20. The van der Waals surface area contributed by atoms with Crippen molar-refractivity contribution in [1.29, 1.82) is 0 Å². The van der Waals surface area contributed by atoms with Gasteiger partial charge in [0.1, 0.15) is 5.82 Å². The van der Waals surface area contributed by atoms with Crippen LogP contribution in [0.25, 0.3) is 0 Å². The zero-order valence-corrected chi connectivity index (χ0v) is 12.7. The van der Waals surface area contributed by atoms with Gasteiger partial charge < -0.3 is 10.6 Å². The summed E-state index contributed by atoms with van der Waals surface area (Å²) in [5, 5.41) is 5.97. The molecule has 0 aromatic heterocycles. The molecule has 2 rings (SSSR count). The van der Waals surface area contributed by atoms with Crippen LogP contribution in [0.4, 0.5) is 4.39 Å². The molecule has 22 heavy (non-hydrogen) atoms. The molecule has 0 aliphatic carbocycles. The van der Waals surface area contributed by atoms with Crippen molar-refractivity contribution in [2.75, 3.05) is 13.1 Å². The summed E-state index contributed by atoms with van der Waals surface area (Å²) in [5.41, 5.74) is 3.39. The van der Waals surface area contributed by atoms with Gasteiger partial charge in [0.25, 0.3) is 0 Å². The highest BCUT2D eigenvalue weighted by molar-refractivity contribution is 5.77. The molecule has 1 amide bonds. The number of hydrogen-bond donors (Lipinski definition) is 2. The van der Waals surface area contributed by atoms with Crippen LogP contribution in [0.5, 0.6) is 0 Å². The summed E-state index contributed by atoms with van der Waals surface area (Å²) in [4.78, 5) is 11.7. The van der Waals surface area contributed by atoms with Crippen LogP contribution >= 0.6 is 0 Å². The Labute approximate surface area is 130 Å². The number of carbonyl (C=O) groups excluding carboxylic acids is 1. The largest absolute Gasteiger partial charge is 0.355 e. The van der Waals surface area contributed by atoms with Crippen molar-refractivity contribution >= 4 is 5.91 Å². The molecular weight excluding hydrogens is 279 g/mol. The summed E-state index contributed by atoms with van der Waals surface area (Å²) in [6.45, 7) is 3.56. The van der Waals surface area contributed by atoms with Crippen LogP contribution in [0, 0.1) is 12.7 Å². The van der Waals surface area contributed by atoms with E-state index in [2.05, 4.69) is 16.7 Å². The Kier molecular flexibility index (Phi) is 6.10. The SMILES string of the molecule is Cc1cccc(CNCC(=O)NCCc2ccc(F)cc2)c1. The van der Waals surface area contributed by atoms with Gasteiger partial charge in [0.15, 0.2) is 0 Å². The lowest BCUT2D eigenvalue weighted by Crippen LogP contribution is -2.34. The van der Waals surface area contributed by atoms with Gasteiger partial charge in [0.05, 0.1) is 6.54 Å². The molecule has 0 fully saturated rings. The number of hydrogen-bond acceptors (Lipinski definition) is 2. The second-order valence-corrected chi connectivity index (χ2v) is 5.32. The summed E-state index contributed by atoms with van der Waals surface area (Å²) < 4.78 is 12.8. The first-order chi connectivity index (χ1) is 10.6. The number of aryl methyl sites for hydroxylation is 1. The predicted octanol–water partition coefficient (Wildman–Crippen LogP) is 2.58. The molecule has 0 radical (unpaired) electrons. The third-order valence-corrected chi connectivity index (χ3v) is 3.35. The maximum absolute atomic E-state index is 12.8. The molecule has 3 nitrogen and oxygen atoms in total. The highest BCUT2D eigenvalue weighted by Crippen LogP contribution is 2.03. The minimum atomic E-state index is -0.242. The number of halogens is 1. The molecule has 2 aromatic carbocycles. The Hall–Kier alpha value is -2.20. The van der Waals surface area contributed by atoms with Gasteiger partial charge in [-0.25, -0.2) is 4.39 Å². The first kappa shape index (κ1) is 16.2. The number of benzene rings is 2. The molecule has 2 N–H and O–H groups in total. The molecule has 0 bridgehead atoms. The van der Waals surface area contributed by atoms with E-state index in [4.69, 9.17) is 0 Å². The second-order valence-electron chi connectivity index (χ2n) is 5.32. The Morgan fingerprint density at radius 2 is 1.86 bits per heavy atom. The van der Waals surface area contributed by atoms with Gasteiger partial charge >= 0.3 is 0 Å². The van der Waals surface area contributed by atoms with Crippen LogP contribution in [0.15, 0.2) is 48.5 Å². The minimum absolute atomic E-state index is 0.0326. The van der Waals surface area contributed by atoms with E-state index in [0.717, 1.165) is 5.56 Å². The Bertz CT molecular complexity index is 611. The number of rotatable bonds is 7. The fourth-order valence-electron chi connectivity index (χ4n) is 2.20. The van der Waals surface area contributed by atoms with Gasteiger partial charge in [-0.15, -0.1) is 0 Å². The fraction of sp³-hybridized carbons (Fsp3) is 0.278. The zero-order valence-electron chi connectivity index (χ0n) is 12.7. The van der Waals surface area contributed by atoms with E-state index < -0.39 is 0 Å². The van der Waals surface area contributed by atoms with Gasteiger partial charge in [-0.1, -0.05) is 42.0 Å². The Morgan fingerprint density at radius 1 is 1.09 bits per heavy atom. The van der Waals surface area contributed by atoms with Crippen molar-refractivity contribution < 1.29 is 9.18 Å². The molecule has 0 saturated heterocycles. The number of amides is 1. The first-order valence-electron chi connectivity index (χ1n) is 7.41. The smallest absolute Gasteiger partial charge is 0.233 e. The van der Waals surface area contributed by atoms with E-state index in [0.29, 0.717) is 19.5 Å². The lowest BCUT2D eigenvalue weighted by molar-refractivity contribution is -0.120. The van der Waals surface area contributed by atoms with E-state index >= 15 is 0 Å². The maximum Gasteiger partial charge on any atom is 0.233 e. The van der Waals surface area contributed by atoms with Gasteiger partial charge in [0.2, 0.25) is 5.91 Å². The van der Waals surface area contributed by atoms with Gasteiger partial charge in [-0.2, -0.15) is 0 Å². The van der Waals surface area contributed by atoms with Crippen molar-refractivity contribution in [2.45, 2.75) is 19.9 Å². The Balaban J connectivity index is 1.62. The third-order valence-electron chi connectivity index (χ3n) is 3.35. The molecule has 116 valence electrons. The van der Waals surface area contributed by atoms with E-state index in [1.165, 1.54) is 23.3 Å². The van der Waals surface area contributed by atoms with Crippen LogP contribution in [0.3, 0.4) is 0 Å². The van der Waals surface area contributed by atoms with E-state index in [1.54, 1.807) is 12.1 Å². The zero-order chi connectivity index (χ0) is 15.8. The van der Waals surface area contributed by atoms with E-state index in [-0.39, 0.29) is 18.3 Å². The molecule has 0 heterocycles. The molecule has 0 aliphatic rings. The molecule has 2 aromatic rings. The summed E-state index contributed by atoms with van der Waals surface area (Å²) in [6, 6.07) is 14.5. The topological polar surface area (TPSA) is 41.1 Å². The monoisotopic (exact) mass is 300 g/mol. The summed E-state index contributed by atoms with van der Waals surface area (Å²) in [5.74, 6) is -0.275. The van der Waals surface area contributed by atoms with Crippen LogP contribution < -0.4 is 10.6 Å². The molecule has 0 atom stereocenters. The van der Waals surface area contributed by atoms with Crippen molar-refractivity contribution in [3.8, 4) is 0 Å². The number of nitrogens with one attached hydrogen (secondary N) is 2. The molecule has 0 spiro atoms. The van der Waals surface area contributed by atoms with Crippen molar-refractivity contribution in [2.24, 2.45) is 0 Å². The molecule has 4 heteroatoms. The standard InChI is InChI=1S/C18H21FN2O/c1-14-3-2-4-16(11-14)12-20-13-18(22)21-10-9-15-5-7-17(19)8-6-15/h2-8,11,20H,9-10,12-13H2,1H3,(H,21,22). The van der Waals surface area contributed by atoms with Gasteiger partial charge in [-0.05, 0) is 36.6 Å². The average Bonchev–Trinajstić information content (AvgIpc) is 2.49. The number of carbonyl (C=O) groups is 1. The maximum atomic E-state index is 12.8. The molecule has 0 unspecified atom stereocenters. The third kappa shape index (κ3) is 5.66. The van der Waals surface area contributed by atoms with Crippen LogP contribution in [0.2, 0.25) is 0 Å². The normalized spacial score (nSPS) is 10.5.